The van der Waals surface area contributed by atoms with Crippen LogP contribution in [0.15, 0.2) is 12.5 Å². The van der Waals surface area contributed by atoms with Gasteiger partial charge in [0.15, 0.2) is 5.65 Å². The highest BCUT2D eigenvalue weighted by Crippen LogP contribution is 2.31. The Bertz CT molecular complexity index is 692. The number of fused-ring (bicyclic) bond motifs is 1. The minimum absolute atomic E-state index is 0.0915. The topological polar surface area (TPSA) is 76.9 Å². The predicted molar refractivity (Wildman–Crippen MR) is 95.1 cm³/mol. The molecule has 7 heteroatoms. The summed E-state index contributed by atoms with van der Waals surface area (Å²) in [5.74, 6) is 0.863. The fraction of sp³-hybridized carbons (Fsp3) is 0.706. The van der Waals surface area contributed by atoms with Crippen LogP contribution in [0.4, 0.5) is 5.82 Å². The molecule has 3 rings (SSSR count). The molecule has 1 aliphatic rings. The Morgan fingerprint density at radius 1 is 1.25 bits per heavy atom. The molecule has 0 unspecified atom stereocenters. The van der Waals surface area contributed by atoms with Gasteiger partial charge in [0, 0.05) is 30.4 Å². The third-order valence-electron chi connectivity index (χ3n) is 4.42. The summed E-state index contributed by atoms with van der Waals surface area (Å²) in [7, 11) is 1.69. The number of methoxy groups -OCH3 is 1. The molecule has 3 heterocycles. The molecule has 1 aliphatic heterocycles. The van der Waals surface area contributed by atoms with Crippen LogP contribution in [0.2, 0.25) is 0 Å². The molecule has 1 saturated heterocycles. The van der Waals surface area contributed by atoms with Gasteiger partial charge >= 0.3 is 0 Å². The average Bonchev–Trinajstić information content (AvgIpc) is 2.85. The molecule has 7 nitrogen and oxygen atoms in total. The summed E-state index contributed by atoms with van der Waals surface area (Å²) in [6.07, 6.45) is 5.66. The molecule has 0 aliphatic carbocycles. The van der Waals surface area contributed by atoms with Crippen LogP contribution >= 0.6 is 0 Å². The molecular formula is C17H28N6O. The summed E-state index contributed by atoms with van der Waals surface area (Å²) in [6, 6.07) is 0.358. The van der Waals surface area contributed by atoms with Crippen molar-refractivity contribution in [3.63, 3.8) is 0 Å². The van der Waals surface area contributed by atoms with Crippen molar-refractivity contribution in [3.05, 3.63) is 12.5 Å². The van der Waals surface area contributed by atoms with Crippen LogP contribution < -0.4 is 10.6 Å². The Labute approximate surface area is 143 Å². The highest BCUT2D eigenvalue weighted by Gasteiger charge is 2.37. The maximum Gasteiger partial charge on any atom is 0.186 e. The van der Waals surface area contributed by atoms with Crippen molar-refractivity contribution in [3.8, 4) is 0 Å². The Hall–Kier alpha value is -1.73. The van der Waals surface area contributed by atoms with Crippen molar-refractivity contribution < 1.29 is 4.74 Å². The van der Waals surface area contributed by atoms with Gasteiger partial charge in [0.25, 0.3) is 0 Å². The zero-order chi connectivity index (χ0) is 17.4. The van der Waals surface area contributed by atoms with Gasteiger partial charge in [-0.25, -0.2) is 9.97 Å². The lowest BCUT2D eigenvalue weighted by Crippen LogP contribution is -2.60. The standard InChI is InChI=1S/C17H28N6O/c1-16(2)8-12(9-17(3,4)22-16)20-14-13-10-23(6-7-24-5)21-15(13)19-11-18-14/h10-12,22H,6-9H2,1-5H3,(H,18,19,20,21). The van der Waals surface area contributed by atoms with E-state index in [1.165, 1.54) is 0 Å². The van der Waals surface area contributed by atoms with Crippen LogP contribution in [-0.2, 0) is 11.3 Å². The van der Waals surface area contributed by atoms with Crippen LogP contribution in [0.25, 0.3) is 11.0 Å². The molecular weight excluding hydrogens is 304 g/mol. The second-order valence-electron chi connectivity index (χ2n) is 7.99. The first-order chi connectivity index (χ1) is 11.3. The van der Waals surface area contributed by atoms with E-state index in [-0.39, 0.29) is 11.1 Å². The predicted octanol–water partition coefficient (Wildman–Crippen LogP) is 2.19. The van der Waals surface area contributed by atoms with Gasteiger partial charge in [0.1, 0.15) is 12.1 Å². The summed E-state index contributed by atoms with van der Waals surface area (Å²) in [5.41, 5.74) is 0.902. The fourth-order valence-corrected chi connectivity index (χ4v) is 3.92. The number of nitrogens with one attached hydrogen (secondary N) is 2. The Kier molecular flexibility index (Phi) is 4.48. The van der Waals surface area contributed by atoms with E-state index in [4.69, 9.17) is 4.74 Å². The zero-order valence-electron chi connectivity index (χ0n) is 15.3. The molecule has 0 radical (unpaired) electrons. The molecule has 0 saturated carbocycles. The van der Waals surface area contributed by atoms with E-state index in [0.29, 0.717) is 19.2 Å². The highest BCUT2D eigenvalue weighted by molar-refractivity contribution is 5.85. The molecule has 2 N–H and O–H groups in total. The van der Waals surface area contributed by atoms with Crippen LogP contribution in [0, 0.1) is 0 Å². The Morgan fingerprint density at radius 2 is 1.96 bits per heavy atom. The maximum absolute atomic E-state index is 5.12. The van der Waals surface area contributed by atoms with Gasteiger partial charge in [0.05, 0.1) is 18.5 Å². The zero-order valence-corrected chi connectivity index (χ0v) is 15.3. The van der Waals surface area contributed by atoms with Crippen molar-refractivity contribution >= 4 is 16.9 Å². The molecule has 0 atom stereocenters. The Morgan fingerprint density at radius 3 is 2.62 bits per heavy atom. The smallest absolute Gasteiger partial charge is 0.186 e. The van der Waals surface area contributed by atoms with Gasteiger partial charge < -0.3 is 15.4 Å². The summed E-state index contributed by atoms with van der Waals surface area (Å²) in [5, 5.41) is 12.8. The summed E-state index contributed by atoms with van der Waals surface area (Å²) in [6.45, 7) is 10.3. The number of anilines is 1. The summed E-state index contributed by atoms with van der Waals surface area (Å²) < 4.78 is 6.99. The Balaban J connectivity index is 1.83. The van der Waals surface area contributed by atoms with Crippen molar-refractivity contribution in [2.75, 3.05) is 19.0 Å². The SMILES string of the molecule is COCCn1cc2c(NC3CC(C)(C)NC(C)(C)C3)ncnc2n1. The molecule has 0 aromatic carbocycles. The average molecular weight is 332 g/mol. The largest absolute Gasteiger partial charge is 0.383 e. The number of rotatable bonds is 5. The first-order valence-electron chi connectivity index (χ1n) is 8.51. The maximum atomic E-state index is 5.12. The minimum Gasteiger partial charge on any atom is -0.383 e. The van der Waals surface area contributed by atoms with Gasteiger partial charge in [0.2, 0.25) is 0 Å². The summed E-state index contributed by atoms with van der Waals surface area (Å²) in [4.78, 5) is 8.75. The molecule has 0 spiro atoms. The first kappa shape index (κ1) is 17.1. The van der Waals surface area contributed by atoms with E-state index >= 15 is 0 Å². The number of piperidine rings is 1. The van der Waals surface area contributed by atoms with Crippen molar-refractivity contribution in [2.24, 2.45) is 0 Å². The van der Waals surface area contributed by atoms with Crippen LogP contribution in [0.3, 0.4) is 0 Å². The second kappa shape index (κ2) is 6.29. The number of ether oxygens (including phenoxy) is 1. The van der Waals surface area contributed by atoms with E-state index in [0.717, 1.165) is 29.7 Å². The highest BCUT2D eigenvalue weighted by atomic mass is 16.5. The van der Waals surface area contributed by atoms with Crippen molar-refractivity contribution in [1.82, 2.24) is 25.1 Å². The van der Waals surface area contributed by atoms with Crippen LogP contribution in [-0.4, -0.2) is 50.6 Å². The minimum atomic E-state index is 0.0915. The van der Waals surface area contributed by atoms with E-state index < -0.39 is 0 Å². The normalized spacial score (nSPS) is 20.4. The van der Waals surface area contributed by atoms with Gasteiger partial charge in [-0.05, 0) is 40.5 Å². The molecule has 0 bridgehead atoms. The van der Waals surface area contributed by atoms with E-state index in [2.05, 4.69) is 53.4 Å². The first-order valence-corrected chi connectivity index (χ1v) is 8.51. The van der Waals surface area contributed by atoms with Gasteiger partial charge in [-0.1, -0.05) is 0 Å². The monoisotopic (exact) mass is 332 g/mol. The number of hydrogen-bond donors (Lipinski definition) is 2. The lowest BCUT2D eigenvalue weighted by molar-refractivity contribution is 0.170. The fourth-order valence-electron chi connectivity index (χ4n) is 3.92. The van der Waals surface area contributed by atoms with Crippen molar-refractivity contribution in [1.29, 1.82) is 0 Å². The third-order valence-corrected chi connectivity index (χ3v) is 4.42. The second-order valence-corrected chi connectivity index (χ2v) is 7.99. The molecule has 0 amide bonds. The van der Waals surface area contributed by atoms with Crippen molar-refractivity contribution in [2.45, 2.75) is 64.2 Å². The van der Waals surface area contributed by atoms with Crippen LogP contribution in [0.5, 0.6) is 0 Å². The van der Waals surface area contributed by atoms with E-state index in [1.807, 2.05) is 10.9 Å². The quantitative estimate of drug-likeness (QED) is 0.874. The van der Waals surface area contributed by atoms with Gasteiger partial charge in [-0.2, -0.15) is 5.10 Å². The lowest BCUT2D eigenvalue weighted by Gasteiger charge is -2.46. The molecule has 132 valence electrons. The van der Waals surface area contributed by atoms with Gasteiger partial charge in [-0.15, -0.1) is 0 Å². The molecule has 24 heavy (non-hydrogen) atoms. The molecule has 2 aromatic heterocycles. The van der Waals surface area contributed by atoms with E-state index in [9.17, 15) is 0 Å². The summed E-state index contributed by atoms with van der Waals surface area (Å²) >= 11 is 0. The number of hydrogen-bond acceptors (Lipinski definition) is 6. The molecule has 2 aromatic rings. The number of aromatic nitrogens is 4. The van der Waals surface area contributed by atoms with Crippen LogP contribution in [0.1, 0.15) is 40.5 Å². The van der Waals surface area contributed by atoms with E-state index in [1.54, 1.807) is 13.4 Å². The van der Waals surface area contributed by atoms with Gasteiger partial charge in [-0.3, -0.25) is 4.68 Å². The molecule has 1 fully saturated rings. The third kappa shape index (κ3) is 3.84. The number of nitrogens with zero attached hydrogens (tertiary/aromatic N) is 4. The lowest BCUT2D eigenvalue weighted by atomic mass is 9.79.